The van der Waals surface area contributed by atoms with Crippen LogP contribution in [0.15, 0.2) is 42.5 Å². The molecule has 0 aliphatic carbocycles. The SMILES string of the molecule is COc1cccc(OC)c1OC(=O)c1sc(COc2ccc(F)cc2)nc1C. The summed E-state index contributed by atoms with van der Waals surface area (Å²) in [4.78, 5) is 17.4. The molecule has 0 N–H and O–H groups in total. The van der Waals surface area contributed by atoms with E-state index in [2.05, 4.69) is 4.98 Å². The van der Waals surface area contributed by atoms with Gasteiger partial charge in [-0.05, 0) is 43.3 Å². The number of carbonyl (C=O) groups is 1. The van der Waals surface area contributed by atoms with Gasteiger partial charge in [-0.2, -0.15) is 0 Å². The van der Waals surface area contributed by atoms with Crippen molar-refractivity contribution < 1.29 is 28.1 Å². The molecule has 1 aromatic heterocycles. The fraction of sp³-hybridized carbons (Fsp3) is 0.200. The second-order valence-corrected chi connectivity index (χ2v) is 6.73. The highest BCUT2D eigenvalue weighted by molar-refractivity contribution is 7.13. The first-order valence-electron chi connectivity index (χ1n) is 8.29. The molecule has 0 aliphatic rings. The standard InChI is InChI=1S/C20H18FNO5S/c1-12-19(20(23)27-18-15(24-2)5-4-6-16(18)25-3)28-17(22-12)11-26-14-9-7-13(21)8-10-14/h4-10H,11H2,1-3H3. The van der Waals surface area contributed by atoms with Crippen LogP contribution in [0.1, 0.15) is 20.4 Å². The Morgan fingerprint density at radius 2 is 1.71 bits per heavy atom. The second-order valence-electron chi connectivity index (χ2n) is 5.65. The average Bonchev–Trinajstić information content (AvgIpc) is 3.08. The molecule has 146 valence electrons. The summed E-state index contributed by atoms with van der Waals surface area (Å²) in [5.74, 6) is 0.580. The van der Waals surface area contributed by atoms with E-state index in [9.17, 15) is 9.18 Å². The highest BCUT2D eigenvalue weighted by Crippen LogP contribution is 2.37. The van der Waals surface area contributed by atoms with Gasteiger partial charge in [-0.1, -0.05) is 6.07 Å². The molecule has 28 heavy (non-hydrogen) atoms. The molecule has 3 rings (SSSR count). The third-order valence-corrected chi connectivity index (χ3v) is 4.89. The van der Waals surface area contributed by atoms with Gasteiger partial charge in [0.2, 0.25) is 5.75 Å². The van der Waals surface area contributed by atoms with Crippen molar-refractivity contribution in [1.29, 1.82) is 0 Å². The molecule has 0 aliphatic heterocycles. The number of hydrogen-bond donors (Lipinski definition) is 0. The number of para-hydroxylation sites is 1. The summed E-state index contributed by atoms with van der Waals surface area (Å²) in [6.45, 7) is 1.87. The van der Waals surface area contributed by atoms with E-state index >= 15 is 0 Å². The maximum absolute atomic E-state index is 12.9. The van der Waals surface area contributed by atoms with Crippen LogP contribution in [0.2, 0.25) is 0 Å². The number of aromatic nitrogens is 1. The van der Waals surface area contributed by atoms with Gasteiger partial charge in [-0.25, -0.2) is 14.2 Å². The molecule has 0 amide bonds. The molecule has 0 saturated heterocycles. The number of thiazole rings is 1. The van der Waals surface area contributed by atoms with Crippen molar-refractivity contribution in [2.45, 2.75) is 13.5 Å². The maximum atomic E-state index is 12.9. The van der Waals surface area contributed by atoms with Gasteiger partial charge in [0, 0.05) is 0 Å². The Labute approximate surface area is 165 Å². The zero-order valence-electron chi connectivity index (χ0n) is 15.5. The molecule has 1 heterocycles. The molecular formula is C20H18FNO5S. The van der Waals surface area contributed by atoms with Gasteiger partial charge in [-0.3, -0.25) is 0 Å². The number of hydrogen-bond acceptors (Lipinski definition) is 7. The minimum atomic E-state index is -0.564. The molecule has 3 aromatic rings. The van der Waals surface area contributed by atoms with Crippen LogP contribution < -0.4 is 18.9 Å². The van der Waals surface area contributed by atoms with Crippen LogP contribution in [0.25, 0.3) is 0 Å². The van der Waals surface area contributed by atoms with Crippen LogP contribution in [-0.2, 0) is 6.61 Å². The summed E-state index contributed by atoms with van der Waals surface area (Å²) in [5.41, 5.74) is 0.529. The van der Waals surface area contributed by atoms with E-state index in [0.717, 1.165) is 0 Å². The zero-order chi connectivity index (χ0) is 20.1. The van der Waals surface area contributed by atoms with Crippen LogP contribution in [0.5, 0.6) is 23.0 Å². The number of benzene rings is 2. The molecule has 0 atom stereocenters. The first-order valence-corrected chi connectivity index (χ1v) is 9.11. The predicted octanol–water partition coefficient (Wildman–Crippen LogP) is 4.41. The summed E-state index contributed by atoms with van der Waals surface area (Å²) < 4.78 is 34.5. The summed E-state index contributed by atoms with van der Waals surface area (Å²) in [7, 11) is 2.96. The van der Waals surface area contributed by atoms with E-state index in [4.69, 9.17) is 18.9 Å². The number of nitrogens with zero attached hydrogens (tertiary/aromatic N) is 1. The van der Waals surface area contributed by atoms with Crippen LogP contribution in [0.4, 0.5) is 4.39 Å². The number of esters is 1. The van der Waals surface area contributed by atoms with Crippen molar-refractivity contribution in [2.75, 3.05) is 14.2 Å². The van der Waals surface area contributed by atoms with Gasteiger partial charge in [0.1, 0.15) is 28.1 Å². The van der Waals surface area contributed by atoms with E-state index in [1.54, 1.807) is 25.1 Å². The van der Waals surface area contributed by atoms with Crippen molar-refractivity contribution >= 4 is 17.3 Å². The summed E-state index contributed by atoms with van der Waals surface area (Å²) in [6.07, 6.45) is 0. The highest BCUT2D eigenvalue weighted by atomic mass is 32.1. The van der Waals surface area contributed by atoms with Gasteiger partial charge >= 0.3 is 5.97 Å². The van der Waals surface area contributed by atoms with E-state index in [1.165, 1.54) is 49.8 Å². The van der Waals surface area contributed by atoms with Crippen molar-refractivity contribution in [3.8, 4) is 23.0 Å². The van der Waals surface area contributed by atoms with E-state index in [0.29, 0.717) is 32.8 Å². The largest absolute Gasteiger partial charge is 0.493 e. The first-order chi connectivity index (χ1) is 13.5. The second kappa shape index (κ2) is 8.71. The normalized spacial score (nSPS) is 10.4. The minimum absolute atomic E-state index is 0.155. The number of ether oxygens (including phenoxy) is 4. The van der Waals surface area contributed by atoms with Gasteiger partial charge in [0.15, 0.2) is 11.5 Å². The quantitative estimate of drug-likeness (QED) is 0.430. The van der Waals surface area contributed by atoms with Crippen LogP contribution in [-0.4, -0.2) is 25.2 Å². The summed E-state index contributed by atoms with van der Waals surface area (Å²) >= 11 is 1.17. The van der Waals surface area contributed by atoms with E-state index < -0.39 is 5.97 Å². The molecule has 8 heteroatoms. The Hall–Kier alpha value is -3.13. The predicted molar refractivity (Wildman–Crippen MR) is 102 cm³/mol. The Kier molecular flexibility index (Phi) is 6.10. The van der Waals surface area contributed by atoms with Crippen molar-refractivity contribution in [3.63, 3.8) is 0 Å². The fourth-order valence-corrected chi connectivity index (χ4v) is 3.29. The zero-order valence-corrected chi connectivity index (χ0v) is 16.3. The fourth-order valence-electron chi connectivity index (χ4n) is 2.44. The smallest absolute Gasteiger partial charge is 0.355 e. The van der Waals surface area contributed by atoms with Crippen LogP contribution in [0.3, 0.4) is 0 Å². The van der Waals surface area contributed by atoms with Crippen molar-refractivity contribution in [3.05, 3.63) is 63.9 Å². The van der Waals surface area contributed by atoms with E-state index in [-0.39, 0.29) is 18.2 Å². The van der Waals surface area contributed by atoms with Crippen molar-refractivity contribution in [2.24, 2.45) is 0 Å². The Morgan fingerprint density at radius 1 is 1.07 bits per heavy atom. The van der Waals surface area contributed by atoms with Gasteiger partial charge in [0.25, 0.3) is 0 Å². The Morgan fingerprint density at radius 3 is 2.32 bits per heavy atom. The van der Waals surface area contributed by atoms with Gasteiger partial charge in [-0.15, -0.1) is 11.3 Å². The molecule has 0 radical (unpaired) electrons. The number of carbonyl (C=O) groups excluding carboxylic acids is 1. The molecule has 0 bridgehead atoms. The lowest BCUT2D eigenvalue weighted by molar-refractivity contribution is 0.0728. The molecule has 0 unspecified atom stereocenters. The van der Waals surface area contributed by atoms with Gasteiger partial charge in [0.05, 0.1) is 19.9 Å². The van der Waals surface area contributed by atoms with E-state index in [1.807, 2.05) is 0 Å². The van der Waals surface area contributed by atoms with Crippen LogP contribution >= 0.6 is 11.3 Å². The third kappa shape index (κ3) is 4.40. The molecular weight excluding hydrogens is 385 g/mol. The Bertz CT molecular complexity index is 949. The molecule has 2 aromatic carbocycles. The molecule has 0 fully saturated rings. The number of aryl methyl sites for hydroxylation is 1. The Balaban J connectivity index is 1.74. The maximum Gasteiger partial charge on any atom is 0.355 e. The lowest BCUT2D eigenvalue weighted by Gasteiger charge is -2.12. The summed E-state index contributed by atoms with van der Waals surface area (Å²) in [5, 5.41) is 0.598. The third-order valence-electron chi connectivity index (χ3n) is 3.78. The molecule has 6 nitrogen and oxygen atoms in total. The molecule has 0 spiro atoms. The van der Waals surface area contributed by atoms with Crippen molar-refractivity contribution in [1.82, 2.24) is 4.98 Å². The number of methoxy groups -OCH3 is 2. The lowest BCUT2D eigenvalue weighted by Crippen LogP contribution is -2.10. The average molecular weight is 403 g/mol. The molecule has 0 saturated carbocycles. The number of rotatable bonds is 7. The van der Waals surface area contributed by atoms with Crippen LogP contribution in [0, 0.1) is 12.7 Å². The highest BCUT2D eigenvalue weighted by Gasteiger charge is 2.21. The minimum Gasteiger partial charge on any atom is -0.493 e. The lowest BCUT2D eigenvalue weighted by atomic mass is 10.3. The first kappa shape index (κ1) is 19.6. The topological polar surface area (TPSA) is 66.9 Å². The van der Waals surface area contributed by atoms with Gasteiger partial charge < -0.3 is 18.9 Å². The number of halogens is 1. The monoisotopic (exact) mass is 403 g/mol. The summed E-state index contributed by atoms with van der Waals surface area (Å²) in [6, 6.07) is 10.8.